The molecule has 2 aliphatic rings. The summed E-state index contributed by atoms with van der Waals surface area (Å²) in [4.78, 5) is 0. The molecule has 0 amide bonds. The van der Waals surface area contributed by atoms with Gasteiger partial charge in [-0.05, 0) is 110 Å². The summed E-state index contributed by atoms with van der Waals surface area (Å²) in [7, 11) is 0. The molecule has 57 heavy (non-hydrogen) atoms. The SMILES string of the molecule is C1=C(c2ccc3oc4c(c3c2)CC(c2ccccc2)c2ccccc2-4)CC(c2cccc(-c3ccccc3)c2)CC1c1ccc2cc(-c3ccccc3)ccc2c1. The number of allylic oxidation sites excluding steroid dienone is 2. The Kier molecular flexibility index (Phi) is 8.32. The van der Waals surface area contributed by atoms with Gasteiger partial charge in [0.15, 0.2) is 0 Å². The van der Waals surface area contributed by atoms with Crippen molar-refractivity contribution in [1.29, 1.82) is 0 Å². The van der Waals surface area contributed by atoms with Crippen LogP contribution in [0.4, 0.5) is 0 Å². The van der Waals surface area contributed by atoms with E-state index in [9.17, 15) is 0 Å². The fourth-order valence-electron chi connectivity index (χ4n) is 9.72. The largest absolute Gasteiger partial charge is 0.456 e. The first-order valence-corrected chi connectivity index (χ1v) is 20.4. The van der Waals surface area contributed by atoms with E-state index in [1.54, 1.807) is 0 Å². The molecule has 8 aromatic carbocycles. The maximum atomic E-state index is 6.74. The van der Waals surface area contributed by atoms with E-state index in [0.29, 0.717) is 5.92 Å². The van der Waals surface area contributed by atoms with Crippen molar-refractivity contribution in [2.45, 2.75) is 37.0 Å². The smallest absolute Gasteiger partial charge is 0.138 e. The average Bonchev–Trinajstić information content (AvgIpc) is 3.67. The Morgan fingerprint density at radius 3 is 1.89 bits per heavy atom. The van der Waals surface area contributed by atoms with Crippen molar-refractivity contribution >= 4 is 27.3 Å². The molecule has 0 bridgehead atoms. The normalized spacial score (nSPS) is 17.5. The van der Waals surface area contributed by atoms with Crippen LogP contribution >= 0.6 is 0 Å². The Labute approximate surface area is 334 Å². The third-order valence-electron chi connectivity index (χ3n) is 12.6. The lowest BCUT2D eigenvalue weighted by atomic mass is 9.74. The zero-order chi connectivity index (χ0) is 37.7. The summed E-state index contributed by atoms with van der Waals surface area (Å²) < 4.78 is 6.74. The van der Waals surface area contributed by atoms with E-state index < -0.39 is 0 Å². The first-order chi connectivity index (χ1) is 28.2. The molecular weight excluding hydrogens is 689 g/mol. The van der Waals surface area contributed by atoms with Crippen LogP contribution in [0, 0.1) is 0 Å². The molecule has 1 aromatic heterocycles. The third kappa shape index (κ3) is 6.21. The Morgan fingerprint density at radius 1 is 0.439 bits per heavy atom. The van der Waals surface area contributed by atoms with Crippen LogP contribution in [0.1, 0.15) is 64.0 Å². The molecule has 0 saturated heterocycles. The van der Waals surface area contributed by atoms with Crippen LogP contribution in [0.3, 0.4) is 0 Å². The lowest BCUT2D eigenvalue weighted by molar-refractivity contribution is 0.576. The van der Waals surface area contributed by atoms with E-state index in [1.807, 2.05) is 0 Å². The highest BCUT2D eigenvalue weighted by atomic mass is 16.3. The summed E-state index contributed by atoms with van der Waals surface area (Å²) in [5, 5.41) is 3.80. The van der Waals surface area contributed by atoms with Gasteiger partial charge in [-0.1, -0.05) is 182 Å². The second kappa shape index (κ2) is 14.1. The van der Waals surface area contributed by atoms with Gasteiger partial charge in [0.05, 0.1) is 0 Å². The van der Waals surface area contributed by atoms with E-state index in [1.165, 1.54) is 82.9 Å². The predicted octanol–water partition coefficient (Wildman–Crippen LogP) is 15.0. The van der Waals surface area contributed by atoms with E-state index in [2.05, 4.69) is 200 Å². The van der Waals surface area contributed by atoms with Gasteiger partial charge in [-0.3, -0.25) is 0 Å². The molecule has 0 N–H and O–H groups in total. The van der Waals surface area contributed by atoms with Gasteiger partial charge in [0.2, 0.25) is 0 Å². The van der Waals surface area contributed by atoms with E-state index in [0.717, 1.165) is 30.6 Å². The van der Waals surface area contributed by atoms with Crippen molar-refractivity contribution in [3.8, 4) is 33.6 Å². The van der Waals surface area contributed by atoms with Crippen LogP contribution in [0.2, 0.25) is 0 Å². The lowest BCUT2D eigenvalue weighted by Gasteiger charge is -2.30. The Bertz CT molecular complexity index is 2930. The minimum absolute atomic E-state index is 0.278. The number of benzene rings is 8. The molecule has 0 aliphatic heterocycles. The molecule has 2 aliphatic carbocycles. The highest BCUT2D eigenvalue weighted by molar-refractivity contribution is 5.93. The zero-order valence-corrected chi connectivity index (χ0v) is 31.8. The molecule has 0 radical (unpaired) electrons. The Hall–Kier alpha value is -6.70. The first-order valence-electron chi connectivity index (χ1n) is 20.4. The van der Waals surface area contributed by atoms with Crippen LogP contribution in [0.15, 0.2) is 205 Å². The summed E-state index contributed by atoms with van der Waals surface area (Å²) in [5.41, 5.74) is 16.7. The zero-order valence-electron chi connectivity index (χ0n) is 31.8. The maximum absolute atomic E-state index is 6.74. The number of rotatable bonds is 6. The number of hydrogen-bond acceptors (Lipinski definition) is 1. The molecule has 11 rings (SSSR count). The lowest BCUT2D eigenvalue weighted by Crippen LogP contribution is -2.12. The van der Waals surface area contributed by atoms with Crippen LogP contribution in [0.25, 0.3) is 60.9 Å². The van der Waals surface area contributed by atoms with Crippen molar-refractivity contribution in [1.82, 2.24) is 0 Å². The maximum Gasteiger partial charge on any atom is 0.138 e. The fraction of sp³-hybridized carbons (Fsp3) is 0.107. The summed E-state index contributed by atoms with van der Waals surface area (Å²) >= 11 is 0. The quantitative estimate of drug-likeness (QED) is 0.166. The van der Waals surface area contributed by atoms with E-state index in [4.69, 9.17) is 4.42 Å². The topological polar surface area (TPSA) is 13.1 Å². The second-order valence-electron chi connectivity index (χ2n) is 16.0. The van der Waals surface area contributed by atoms with Crippen molar-refractivity contribution in [3.63, 3.8) is 0 Å². The number of hydrogen-bond donors (Lipinski definition) is 0. The molecule has 3 unspecified atom stereocenters. The molecule has 3 atom stereocenters. The molecule has 0 fully saturated rings. The summed E-state index contributed by atoms with van der Waals surface area (Å²) in [6, 6.07) is 71.5. The van der Waals surface area contributed by atoms with Crippen molar-refractivity contribution in [2.24, 2.45) is 0 Å². The van der Waals surface area contributed by atoms with Crippen LogP contribution < -0.4 is 0 Å². The van der Waals surface area contributed by atoms with Gasteiger partial charge >= 0.3 is 0 Å². The van der Waals surface area contributed by atoms with Crippen LogP contribution in [0.5, 0.6) is 0 Å². The average molecular weight is 731 g/mol. The molecule has 1 heterocycles. The standard InChI is InChI=1S/C56H42O/c1-4-13-37(14-5-1)40-19-12-20-41(29-40)47-32-48(45-26-25-43-30-42(23-24-44(43)31-45)38-15-6-2-7-16-38)34-49(33-47)46-27-28-55-53(35-46)54-36-52(39-17-8-3-9-18-39)50-21-10-11-22-51(50)56(54)57-55/h1-31,34-35,47-48,52H,32-33,36H2. The minimum Gasteiger partial charge on any atom is -0.456 e. The second-order valence-corrected chi connectivity index (χ2v) is 16.0. The van der Waals surface area contributed by atoms with Gasteiger partial charge in [0.25, 0.3) is 0 Å². The molecule has 1 nitrogen and oxygen atoms in total. The minimum atomic E-state index is 0.278. The summed E-state index contributed by atoms with van der Waals surface area (Å²) in [5.74, 6) is 1.97. The third-order valence-corrected chi connectivity index (χ3v) is 12.6. The van der Waals surface area contributed by atoms with Crippen LogP contribution in [-0.2, 0) is 6.42 Å². The van der Waals surface area contributed by atoms with Gasteiger partial charge in [0.1, 0.15) is 11.3 Å². The summed E-state index contributed by atoms with van der Waals surface area (Å²) in [6.45, 7) is 0. The van der Waals surface area contributed by atoms with Gasteiger partial charge in [-0.15, -0.1) is 0 Å². The fourth-order valence-corrected chi connectivity index (χ4v) is 9.72. The Balaban J connectivity index is 1.01. The van der Waals surface area contributed by atoms with Gasteiger partial charge in [-0.25, -0.2) is 0 Å². The molecule has 9 aromatic rings. The molecular formula is C56H42O. The monoisotopic (exact) mass is 730 g/mol. The van der Waals surface area contributed by atoms with Gasteiger partial charge in [0, 0.05) is 28.3 Å². The molecule has 1 heteroatoms. The van der Waals surface area contributed by atoms with Crippen LogP contribution in [-0.4, -0.2) is 0 Å². The highest BCUT2D eigenvalue weighted by Gasteiger charge is 2.31. The highest BCUT2D eigenvalue weighted by Crippen LogP contribution is 2.49. The molecule has 272 valence electrons. The summed E-state index contributed by atoms with van der Waals surface area (Å²) in [6.07, 6.45) is 5.55. The van der Waals surface area contributed by atoms with Crippen molar-refractivity contribution < 1.29 is 4.42 Å². The van der Waals surface area contributed by atoms with E-state index >= 15 is 0 Å². The molecule has 0 spiro atoms. The van der Waals surface area contributed by atoms with E-state index in [-0.39, 0.29) is 11.8 Å². The number of furan rings is 1. The number of fused-ring (bicyclic) bond motifs is 6. The molecule has 0 saturated carbocycles. The van der Waals surface area contributed by atoms with Gasteiger partial charge in [-0.2, -0.15) is 0 Å². The Morgan fingerprint density at radius 2 is 1.09 bits per heavy atom. The first kappa shape index (κ1) is 33.6. The van der Waals surface area contributed by atoms with Crippen molar-refractivity contribution in [3.05, 3.63) is 234 Å². The van der Waals surface area contributed by atoms with Crippen molar-refractivity contribution in [2.75, 3.05) is 0 Å². The van der Waals surface area contributed by atoms with Gasteiger partial charge < -0.3 is 4.42 Å². The predicted molar refractivity (Wildman–Crippen MR) is 238 cm³/mol.